The summed E-state index contributed by atoms with van der Waals surface area (Å²) in [7, 11) is -4.17. The molecule has 0 spiro atoms. The molecule has 7 atom stereocenters. The topological polar surface area (TPSA) is 298 Å². The molecule has 59 heavy (non-hydrogen) atoms. The minimum atomic E-state index is -5.32. The van der Waals surface area contributed by atoms with Gasteiger partial charge in [0.1, 0.15) is 42.2 Å². The fourth-order valence-corrected chi connectivity index (χ4v) is 6.93. The minimum absolute atomic E-state index is 0.0176. The summed E-state index contributed by atoms with van der Waals surface area (Å²) >= 11 is 0. The summed E-state index contributed by atoms with van der Waals surface area (Å²) < 4.78 is 33.3. The maximum Gasteiger partial charge on any atom is 0.469 e. The lowest BCUT2D eigenvalue weighted by Gasteiger charge is -2.35. The van der Waals surface area contributed by atoms with Gasteiger partial charge in [-0.2, -0.15) is 0 Å². The van der Waals surface area contributed by atoms with E-state index in [9.17, 15) is 53.0 Å². The fraction of sp³-hybridized carbons (Fsp3) is 0.649. The van der Waals surface area contributed by atoms with Gasteiger partial charge in [0, 0.05) is 18.5 Å². The molecular weight excluding hydrogens is 799 g/mol. The van der Waals surface area contributed by atoms with Crippen LogP contribution < -0.4 is 31.3 Å². The predicted octanol–water partition coefficient (Wildman–Crippen LogP) is -0.773. The number of fused-ring (bicyclic) bond motifs is 1. The molecule has 2 saturated heterocycles. The van der Waals surface area contributed by atoms with Crippen LogP contribution in [0.2, 0.25) is 0 Å². The van der Waals surface area contributed by atoms with Crippen LogP contribution in [0.4, 0.5) is 0 Å². The number of nitrogens with one attached hydrogen (secondary N) is 5. The molecule has 2 heterocycles. The average molecular weight is 857 g/mol. The van der Waals surface area contributed by atoms with Crippen molar-refractivity contribution in [2.24, 2.45) is 11.8 Å². The molecular formula is C37H57N6O15P. The van der Waals surface area contributed by atoms with Crippen LogP contribution in [0.25, 0.3) is 0 Å². The standard InChI is InChI=1S/C37H57N6O15P/c1-20(2)16-26(37(51)55-6)40-35(49)28-11-13-30-43(28)36(50)31(22(5)58-59(52,53)54)42-34(48)27(18-44)41-33(47)25(10-12-29(45)38-14-15-56-30)39-32(46)23-8-7-9-24(17-23)57-19-21(3)4/h7-9,17,20-22,25-28,30-31,44H,10-16,18-19H2,1-6H3,(H,38,45)(H,39,46)(H,40,49)(H,41,47)(H,42,48)(H2,52,53,54)/t22-,25+,26+,27+,28+,30-,31+/m1/s1. The minimum Gasteiger partial charge on any atom is -0.493 e. The van der Waals surface area contributed by atoms with E-state index in [0.29, 0.717) is 12.4 Å². The predicted molar refractivity (Wildman–Crippen MR) is 207 cm³/mol. The average Bonchev–Trinajstić information content (AvgIpc) is 3.60. The number of carbonyl (C=O) groups excluding carboxylic acids is 7. The smallest absolute Gasteiger partial charge is 0.469 e. The number of phosphoric acid groups is 1. The summed E-state index contributed by atoms with van der Waals surface area (Å²) in [5.41, 5.74) is 0.120. The molecule has 0 bridgehead atoms. The van der Waals surface area contributed by atoms with E-state index in [2.05, 4.69) is 26.6 Å². The molecule has 0 saturated carbocycles. The highest BCUT2D eigenvalue weighted by Crippen LogP contribution is 2.39. The molecule has 2 fully saturated rings. The van der Waals surface area contributed by atoms with E-state index in [1.54, 1.807) is 12.1 Å². The van der Waals surface area contributed by atoms with Gasteiger partial charge in [0.05, 0.1) is 33.0 Å². The van der Waals surface area contributed by atoms with Crippen molar-refractivity contribution < 1.29 is 71.8 Å². The lowest BCUT2D eigenvalue weighted by Crippen LogP contribution is -2.63. The zero-order valence-corrected chi connectivity index (χ0v) is 34.9. The van der Waals surface area contributed by atoms with Gasteiger partial charge in [0.25, 0.3) is 11.8 Å². The van der Waals surface area contributed by atoms with Gasteiger partial charge < -0.3 is 60.6 Å². The zero-order chi connectivity index (χ0) is 44.0. The molecule has 2 aliphatic heterocycles. The van der Waals surface area contributed by atoms with Crippen molar-refractivity contribution in [1.29, 1.82) is 0 Å². The number of hydrogen-bond acceptors (Lipinski definition) is 13. The van der Waals surface area contributed by atoms with Crippen LogP contribution in [0.5, 0.6) is 5.75 Å². The Bertz CT molecular complexity index is 1710. The van der Waals surface area contributed by atoms with Crippen molar-refractivity contribution in [2.45, 2.75) is 109 Å². The number of aliphatic hydroxyl groups is 1. The highest BCUT2D eigenvalue weighted by Gasteiger charge is 2.47. The first-order valence-corrected chi connectivity index (χ1v) is 20.9. The molecule has 21 nitrogen and oxygen atoms in total. The van der Waals surface area contributed by atoms with E-state index < -0.39 is 98.4 Å². The van der Waals surface area contributed by atoms with Crippen LogP contribution in [0.15, 0.2) is 24.3 Å². The van der Waals surface area contributed by atoms with Crippen molar-refractivity contribution in [3.05, 3.63) is 29.8 Å². The first-order valence-electron chi connectivity index (χ1n) is 19.3. The molecule has 330 valence electrons. The summed E-state index contributed by atoms with van der Waals surface area (Å²) in [6, 6.07) is -1.50. The summed E-state index contributed by atoms with van der Waals surface area (Å²) in [4.78, 5) is 115. The van der Waals surface area contributed by atoms with Crippen LogP contribution in [-0.2, 0) is 47.3 Å². The Kier molecular flexibility index (Phi) is 18.7. The highest BCUT2D eigenvalue weighted by atomic mass is 31.2. The second-order valence-corrected chi connectivity index (χ2v) is 16.2. The van der Waals surface area contributed by atoms with Crippen LogP contribution in [-0.4, -0.2) is 137 Å². The second-order valence-electron chi connectivity index (χ2n) is 15.1. The highest BCUT2D eigenvalue weighted by molar-refractivity contribution is 7.46. The Morgan fingerprint density at radius 3 is 2.34 bits per heavy atom. The van der Waals surface area contributed by atoms with Gasteiger partial charge in [-0.3, -0.25) is 33.3 Å². The molecule has 1 aromatic rings. The first-order chi connectivity index (χ1) is 27.7. The first kappa shape index (κ1) is 48.7. The second kappa shape index (κ2) is 22.6. The molecule has 22 heteroatoms. The number of aliphatic hydroxyl groups excluding tert-OH is 1. The quantitative estimate of drug-likeness (QED) is 0.0842. The molecule has 0 radical (unpaired) electrons. The number of ether oxygens (including phenoxy) is 3. The molecule has 0 aliphatic carbocycles. The number of esters is 1. The van der Waals surface area contributed by atoms with Crippen molar-refractivity contribution in [2.75, 3.05) is 33.5 Å². The van der Waals surface area contributed by atoms with Crippen LogP contribution >= 0.6 is 7.82 Å². The van der Waals surface area contributed by atoms with E-state index in [-0.39, 0.29) is 62.7 Å². The van der Waals surface area contributed by atoms with Crippen LogP contribution in [0, 0.1) is 11.8 Å². The molecule has 1 aromatic carbocycles. The van der Waals surface area contributed by atoms with Gasteiger partial charge in [-0.15, -0.1) is 0 Å². The van der Waals surface area contributed by atoms with E-state index in [4.69, 9.17) is 18.7 Å². The molecule has 2 aliphatic rings. The zero-order valence-electron chi connectivity index (χ0n) is 34.0. The largest absolute Gasteiger partial charge is 0.493 e. The lowest BCUT2D eigenvalue weighted by molar-refractivity contribution is -0.156. The third kappa shape index (κ3) is 15.1. The number of methoxy groups -OCH3 is 1. The van der Waals surface area contributed by atoms with E-state index in [1.165, 1.54) is 12.1 Å². The molecule has 8 N–H and O–H groups in total. The molecule has 0 unspecified atom stereocenters. The van der Waals surface area contributed by atoms with E-state index >= 15 is 0 Å². The van der Waals surface area contributed by atoms with Crippen molar-refractivity contribution in [3.63, 3.8) is 0 Å². The molecule has 6 amide bonds. The van der Waals surface area contributed by atoms with Gasteiger partial charge in [-0.25, -0.2) is 9.36 Å². The van der Waals surface area contributed by atoms with Crippen molar-refractivity contribution in [3.8, 4) is 5.75 Å². The van der Waals surface area contributed by atoms with Crippen LogP contribution in [0.3, 0.4) is 0 Å². The number of nitrogens with zero attached hydrogens (tertiary/aromatic N) is 1. The Morgan fingerprint density at radius 1 is 1.00 bits per heavy atom. The number of hydrogen-bond donors (Lipinski definition) is 8. The maximum absolute atomic E-state index is 14.5. The van der Waals surface area contributed by atoms with Gasteiger partial charge in [-0.1, -0.05) is 33.8 Å². The summed E-state index contributed by atoms with van der Waals surface area (Å²) in [6.45, 7) is 7.59. The monoisotopic (exact) mass is 856 g/mol. The third-order valence-electron chi connectivity index (χ3n) is 9.25. The van der Waals surface area contributed by atoms with E-state index in [1.807, 2.05) is 27.7 Å². The third-order valence-corrected chi connectivity index (χ3v) is 9.85. The summed E-state index contributed by atoms with van der Waals surface area (Å²) in [6.07, 6.45) is -3.32. The van der Waals surface area contributed by atoms with Gasteiger partial charge in [0.2, 0.25) is 23.6 Å². The Morgan fingerprint density at radius 2 is 1.71 bits per heavy atom. The van der Waals surface area contributed by atoms with Gasteiger partial charge >= 0.3 is 13.8 Å². The van der Waals surface area contributed by atoms with Gasteiger partial charge in [0.15, 0.2) is 0 Å². The maximum atomic E-state index is 14.5. The SMILES string of the molecule is COC(=O)[C@H](CC(C)C)NC(=O)[C@@H]1CC[C@H]2OCCNC(=O)CC[C@H](NC(=O)c3cccc(OCC(C)C)c3)C(=O)N[C@@H](CO)C(=O)N[C@@H]([C@@H](C)OP(=O)(O)O)C(=O)N21. The number of amides is 6. The fourth-order valence-electron chi connectivity index (χ4n) is 6.38. The lowest BCUT2D eigenvalue weighted by atomic mass is 10.0. The number of rotatable bonds is 14. The van der Waals surface area contributed by atoms with Crippen LogP contribution in [0.1, 0.15) is 77.1 Å². The normalized spacial score (nSPS) is 23.6. The van der Waals surface area contributed by atoms with Crippen molar-refractivity contribution in [1.82, 2.24) is 31.5 Å². The number of phosphoric ester groups is 1. The molecule has 0 aromatic heterocycles. The van der Waals surface area contributed by atoms with Crippen molar-refractivity contribution >= 4 is 49.2 Å². The number of benzene rings is 1. The Labute approximate surface area is 342 Å². The summed E-state index contributed by atoms with van der Waals surface area (Å²) in [5, 5.41) is 22.6. The Balaban J connectivity index is 1.98. The summed E-state index contributed by atoms with van der Waals surface area (Å²) in [5.74, 6) is -5.60. The van der Waals surface area contributed by atoms with E-state index in [0.717, 1.165) is 18.9 Å². The Hall–Kier alpha value is -4.66. The molecule has 3 rings (SSSR count). The number of carbonyl (C=O) groups is 7. The van der Waals surface area contributed by atoms with Gasteiger partial charge in [-0.05, 0) is 62.6 Å².